The highest BCUT2D eigenvalue weighted by Crippen LogP contribution is 2.24. The number of hydrogen-bond donors (Lipinski definition) is 5. The number of piperidine rings is 1. The minimum atomic E-state index is -0.468. The molecule has 2 heterocycles. The van der Waals surface area contributed by atoms with Crippen molar-refractivity contribution in [3.8, 4) is 5.69 Å². The van der Waals surface area contributed by atoms with Crippen molar-refractivity contribution < 1.29 is 14.7 Å². The predicted octanol–water partition coefficient (Wildman–Crippen LogP) is 4.40. The summed E-state index contributed by atoms with van der Waals surface area (Å²) >= 11 is 0. The Kier molecular flexibility index (Phi) is 7.79. The molecule has 0 aliphatic carbocycles. The van der Waals surface area contributed by atoms with Gasteiger partial charge in [-0.2, -0.15) is 5.10 Å². The van der Waals surface area contributed by atoms with E-state index in [1.807, 2.05) is 54.6 Å². The molecule has 10 nitrogen and oxygen atoms in total. The van der Waals surface area contributed by atoms with Gasteiger partial charge in [0.25, 0.3) is 11.8 Å². The van der Waals surface area contributed by atoms with E-state index in [4.69, 9.17) is 10.8 Å². The minimum Gasteiger partial charge on any atom is -0.393 e. The number of benzene rings is 3. The van der Waals surface area contributed by atoms with Gasteiger partial charge in [0.05, 0.1) is 29.1 Å². The Morgan fingerprint density at radius 1 is 0.900 bits per heavy atom. The number of aromatic nitrogens is 2. The van der Waals surface area contributed by atoms with Crippen molar-refractivity contribution in [2.75, 3.05) is 28.6 Å². The van der Waals surface area contributed by atoms with Gasteiger partial charge in [-0.3, -0.25) is 9.59 Å². The molecule has 5 N–H and O–H groups in total. The van der Waals surface area contributed by atoms with Crippen molar-refractivity contribution in [3.05, 3.63) is 90.1 Å². The lowest BCUT2D eigenvalue weighted by Crippen LogP contribution is -2.35. The average molecular weight is 536 g/mol. The number of nitrogens with zero attached hydrogens (tertiary/aromatic N) is 3. The van der Waals surface area contributed by atoms with Gasteiger partial charge in [-0.15, -0.1) is 0 Å². The van der Waals surface area contributed by atoms with Crippen LogP contribution in [0.25, 0.3) is 16.6 Å². The molecule has 3 aromatic carbocycles. The fourth-order valence-electron chi connectivity index (χ4n) is 4.64. The van der Waals surface area contributed by atoms with Gasteiger partial charge in [0, 0.05) is 53.5 Å². The molecule has 2 amide bonds. The predicted molar refractivity (Wildman–Crippen MR) is 157 cm³/mol. The molecular formula is C30H29N7O3. The van der Waals surface area contributed by atoms with E-state index in [1.165, 1.54) is 6.08 Å². The molecule has 0 bridgehead atoms. The average Bonchev–Trinajstić information content (AvgIpc) is 3.40. The van der Waals surface area contributed by atoms with Gasteiger partial charge >= 0.3 is 0 Å². The van der Waals surface area contributed by atoms with Crippen molar-refractivity contribution in [2.24, 2.45) is 0 Å². The third-order valence-corrected chi connectivity index (χ3v) is 6.84. The first-order chi connectivity index (χ1) is 19.4. The van der Waals surface area contributed by atoms with Crippen LogP contribution in [0.15, 0.2) is 84.6 Å². The van der Waals surface area contributed by atoms with Crippen LogP contribution >= 0.6 is 0 Å². The van der Waals surface area contributed by atoms with Crippen LogP contribution in [0, 0.1) is 10.8 Å². The number of nitrogens with one attached hydrogen (secondary N) is 4. The Morgan fingerprint density at radius 3 is 2.25 bits per heavy atom. The van der Waals surface area contributed by atoms with Gasteiger partial charge in [0.1, 0.15) is 0 Å². The van der Waals surface area contributed by atoms with Crippen molar-refractivity contribution in [1.29, 1.82) is 10.8 Å². The molecule has 0 atom stereocenters. The zero-order chi connectivity index (χ0) is 28.1. The normalized spacial score (nSPS) is 14.1. The number of aliphatic hydroxyl groups excluding tert-OH is 1. The van der Waals surface area contributed by atoms with Crippen molar-refractivity contribution in [1.82, 2.24) is 9.78 Å². The van der Waals surface area contributed by atoms with Crippen LogP contribution in [0.2, 0.25) is 0 Å². The number of rotatable bonds is 8. The number of carbonyl (C=O) groups is 2. The molecule has 1 aliphatic heterocycles. The summed E-state index contributed by atoms with van der Waals surface area (Å²) in [5, 5.41) is 35.1. The molecule has 4 aromatic rings. The highest BCUT2D eigenvalue weighted by molar-refractivity contribution is 6.18. The van der Waals surface area contributed by atoms with Crippen LogP contribution in [-0.4, -0.2) is 58.3 Å². The lowest BCUT2D eigenvalue weighted by Gasteiger charge is -2.31. The van der Waals surface area contributed by atoms with Crippen LogP contribution in [0.4, 0.5) is 17.1 Å². The molecule has 40 heavy (non-hydrogen) atoms. The van der Waals surface area contributed by atoms with Gasteiger partial charge < -0.3 is 31.5 Å². The van der Waals surface area contributed by atoms with E-state index < -0.39 is 5.91 Å². The highest BCUT2D eigenvalue weighted by Gasteiger charge is 2.18. The zero-order valence-electron chi connectivity index (χ0n) is 21.7. The topological polar surface area (TPSA) is 147 Å². The summed E-state index contributed by atoms with van der Waals surface area (Å²) < 4.78 is 1.77. The van der Waals surface area contributed by atoms with E-state index in [1.54, 1.807) is 23.0 Å². The van der Waals surface area contributed by atoms with Gasteiger partial charge in [-0.25, -0.2) is 4.68 Å². The summed E-state index contributed by atoms with van der Waals surface area (Å²) in [6.07, 6.45) is 6.12. The van der Waals surface area contributed by atoms with Gasteiger partial charge in [-0.05, 0) is 85.6 Å². The molecule has 202 valence electrons. The molecule has 1 aliphatic rings. The molecule has 0 unspecified atom stereocenters. The molecule has 10 heteroatoms. The second-order valence-corrected chi connectivity index (χ2v) is 9.48. The molecule has 5 rings (SSSR count). The van der Waals surface area contributed by atoms with Crippen LogP contribution < -0.4 is 15.5 Å². The van der Waals surface area contributed by atoms with Crippen LogP contribution in [0.3, 0.4) is 0 Å². The number of amides is 2. The van der Waals surface area contributed by atoms with E-state index in [9.17, 15) is 14.7 Å². The van der Waals surface area contributed by atoms with Crippen LogP contribution in [-0.2, 0) is 4.79 Å². The number of aliphatic hydroxyl groups is 1. The first kappa shape index (κ1) is 26.5. The SMILES string of the molecule is N=C/C=C(\C=N)C(=O)Nc1ccc(-n2ncc3cc(NC(=O)c4ccc(N5CCC(O)CC5)cc4)ccc32)cc1. The maximum atomic E-state index is 12.9. The van der Waals surface area contributed by atoms with Crippen LogP contribution in [0.5, 0.6) is 0 Å². The van der Waals surface area contributed by atoms with Crippen molar-refractivity contribution in [3.63, 3.8) is 0 Å². The summed E-state index contributed by atoms with van der Waals surface area (Å²) in [6.45, 7) is 1.61. The van der Waals surface area contributed by atoms with Crippen molar-refractivity contribution in [2.45, 2.75) is 18.9 Å². The Bertz CT molecular complexity index is 1580. The van der Waals surface area contributed by atoms with Gasteiger partial charge in [-0.1, -0.05) is 0 Å². The first-order valence-electron chi connectivity index (χ1n) is 12.9. The monoisotopic (exact) mass is 535 g/mol. The quantitative estimate of drug-likeness (QED) is 0.168. The zero-order valence-corrected chi connectivity index (χ0v) is 21.7. The summed E-state index contributed by atoms with van der Waals surface area (Å²) in [6, 6.07) is 20.2. The first-order valence-corrected chi connectivity index (χ1v) is 12.9. The van der Waals surface area contributed by atoms with E-state index in [0.29, 0.717) is 16.9 Å². The lowest BCUT2D eigenvalue weighted by atomic mass is 10.1. The summed E-state index contributed by atoms with van der Waals surface area (Å²) in [4.78, 5) is 27.3. The molecule has 0 saturated carbocycles. The second-order valence-electron chi connectivity index (χ2n) is 9.48. The summed E-state index contributed by atoms with van der Waals surface area (Å²) in [5.41, 5.74) is 4.53. The smallest absolute Gasteiger partial charge is 0.257 e. The molecule has 0 spiro atoms. The Morgan fingerprint density at radius 2 is 1.57 bits per heavy atom. The number of anilines is 3. The van der Waals surface area contributed by atoms with E-state index >= 15 is 0 Å². The lowest BCUT2D eigenvalue weighted by molar-refractivity contribution is -0.112. The van der Waals surface area contributed by atoms with E-state index in [0.717, 1.165) is 60.6 Å². The number of fused-ring (bicyclic) bond motifs is 1. The summed E-state index contributed by atoms with van der Waals surface area (Å²) in [7, 11) is 0. The summed E-state index contributed by atoms with van der Waals surface area (Å²) in [5.74, 6) is -0.671. The number of hydrogen-bond acceptors (Lipinski definition) is 7. The standard InChI is InChI=1S/C30H29N7O3/c31-14-11-21(18-32)30(40)34-23-3-8-26(9-4-23)37-28-10-5-24(17-22(28)19-33-37)35-29(39)20-1-6-25(7-2-20)36-15-12-27(38)13-16-36/h1-11,14,17-19,27,31-32,38H,12-13,15-16H2,(H,34,40)(H,35,39)/b21-11+,31-14?,32-18?. The largest absolute Gasteiger partial charge is 0.393 e. The molecule has 1 saturated heterocycles. The fraction of sp³-hybridized carbons (Fsp3) is 0.167. The maximum Gasteiger partial charge on any atom is 0.257 e. The second kappa shape index (κ2) is 11.7. The van der Waals surface area contributed by atoms with Crippen LogP contribution in [0.1, 0.15) is 23.2 Å². The van der Waals surface area contributed by atoms with E-state index in [2.05, 4.69) is 20.6 Å². The number of carbonyl (C=O) groups excluding carboxylic acids is 2. The highest BCUT2D eigenvalue weighted by atomic mass is 16.3. The van der Waals surface area contributed by atoms with E-state index in [-0.39, 0.29) is 17.6 Å². The number of allylic oxidation sites excluding steroid dienone is 1. The fourth-order valence-corrected chi connectivity index (χ4v) is 4.64. The third kappa shape index (κ3) is 5.82. The minimum absolute atomic E-state index is 0.0797. The Balaban J connectivity index is 1.25. The molecule has 1 fully saturated rings. The third-order valence-electron chi connectivity index (χ3n) is 6.84. The Hall–Kier alpha value is -5.09. The van der Waals surface area contributed by atoms with Gasteiger partial charge in [0.2, 0.25) is 0 Å². The molecular weight excluding hydrogens is 506 g/mol. The Labute approximate surface area is 231 Å². The van der Waals surface area contributed by atoms with Gasteiger partial charge in [0.15, 0.2) is 0 Å². The molecule has 1 aromatic heterocycles. The maximum absolute atomic E-state index is 12.9. The van der Waals surface area contributed by atoms with Crippen molar-refractivity contribution >= 4 is 52.2 Å². The molecule has 0 radical (unpaired) electrons.